The van der Waals surface area contributed by atoms with Gasteiger partial charge in [-0.3, -0.25) is 4.98 Å². The maximum Gasteiger partial charge on any atom is 0.102 e. The van der Waals surface area contributed by atoms with Crippen LogP contribution in [0, 0.1) is 0 Å². The van der Waals surface area contributed by atoms with E-state index in [2.05, 4.69) is 26.7 Å². The van der Waals surface area contributed by atoms with E-state index in [9.17, 15) is 0 Å². The molecule has 4 aromatic rings. The number of nitrogens with zero attached hydrogens (tertiary/aromatic N) is 3. The van der Waals surface area contributed by atoms with Gasteiger partial charge in [-0.05, 0) is 29.1 Å². The molecule has 4 rings (SSSR count). The molecule has 0 bridgehead atoms. The summed E-state index contributed by atoms with van der Waals surface area (Å²) in [5.74, 6) is 0. The van der Waals surface area contributed by atoms with Gasteiger partial charge in [0.15, 0.2) is 0 Å². The summed E-state index contributed by atoms with van der Waals surface area (Å²) in [5, 5.41) is 3.05. The minimum Gasteiger partial charge on any atom is -0.324 e. The van der Waals surface area contributed by atoms with Crippen molar-refractivity contribution in [3.8, 4) is 0 Å². The van der Waals surface area contributed by atoms with E-state index in [1.165, 1.54) is 5.39 Å². The van der Waals surface area contributed by atoms with Gasteiger partial charge in [-0.25, -0.2) is 4.98 Å². The predicted molar refractivity (Wildman–Crippen MR) is 92.7 cm³/mol. The fraction of sp³-hybridized carbons (Fsp3) is 0.0526. The zero-order valence-electron chi connectivity index (χ0n) is 12.3. The van der Waals surface area contributed by atoms with E-state index in [1.807, 2.05) is 61.2 Å². The van der Waals surface area contributed by atoms with Crippen LogP contribution in [0.25, 0.3) is 10.8 Å². The minimum absolute atomic E-state index is 0.0409. The van der Waals surface area contributed by atoms with Gasteiger partial charge in [-0.1, -0.05) is 48.0 Å². The summed E-state index contributed by atoms with van der Waals surface area (Å²) in [5.41, 5.74) is 2.12. The third kappa shape index (κ3) is 2.60. The molecular formula is C19H14ClN3. The Labute approximate surface area is 139 Å². The van der Waals surface area contributed by atoms with Gasteiger partial charge in [-0.2, -0.15) is 0 Å². The molecule has 0 saturated carbocycles. The van der Waals surface area contributed by atoms with Gasteiger partial charge in [0.2, 0.25) is 0 Å². The van der Waals surface area contributed by atoms with Crippen LogP contribution >= 0.6 is 11.6 Å². The maximum absolute atomic E-state index is 6.05. The Bertz CT molecular complexity index is 925. The lowest BCUT2D eigenvalue weighted by atomic mass is 9.98. The molecule has 0 aliphatic carbocycles. The first-order chi connectivity index (χ1) is 11.3. The summed E-state index contributed by atoms with van der Waals surface area (Å²) in [7, 11) is 0. The molecule has 0 aliphatic heterocycles. The van der Waals surface area contributed by atoms with E-state index in [-0.39, 0.29) is 6.04 Å². The Morgan fingerprint density at radius 1 is 0.913 bits per heavy atom. The molecule has 3 nitrogen and oxygen atoms in total. The van der Waals surface area contributed by atoms with E-state index in [4.69, 9.17) is 11.6 Å². The number of hydrogen-bond donors (Lipinski definition) is 0. The predicted octanol–water partition coefficient (Wildman–Crippen LogP) is 4.72. The molecule has 2 heterocycles. The third-order valence-corrected chi connectivity index (χ3v) is 4.22. The number of fused-ring (bicyclic) bond motifs is 1. The van der Waals surface area contributed by atoms with E-state index in [0.717, 1.165) is 21.7 Å². The molecule has 0 spiro atoms. The SMILES string of the molecule is Clc1ccc(C(c2nccc3ccccc23)n2ccnc2)cc1. The second-order valence-electron chi connectivity index (χ2n) is 5.38. The highest BCUT2D eigenvalue weighted by atomic mass is 35.5. The van der Waals surface area contributed by atoms with Gasteiger partial charge in [0.05, 0.1) is 12.0 Å². The highest BCUT2D eigenvalue weighted by Crippen LogP contribution is 2.31. The van der Waals surface area contributed by atoms with Gasteiger partial charge < -0.3 is 4.57 Å². The van der Waals surface area contributed by atoms with Gasteiger partial charge >= 0.3 is 0 Å². The lowest BCUT2D eigenvalue weighted by Gasteiger charge is -2.20. The molecule has 23 heavy (non-hydrogen) atoms. The van der Waals surface area contributed by atoms with E-state index >= 15 is 0 Å². The van der Waals surface area contributed by atoms with Crippen molar-refractivity contribution < 1.29 is 0 Å². The van der Waals surface area contributed by atoms with Crippen LogP contribution < -0.4 is 0 Å². The van der Waals surface area contributed by atoms with Crippen LogP contribution in [0.5, 0.6) is 0 Å². The van der Waals surface area contributed by atoms with Crippen molar-refractivity contribution in [2.24, 2.45) is 0 Å². The molecule has 4 heteroatoms. The van der Waals surface area contributed by atoms with Crippen LogP contribution in [0.3, 0.4) is 0 Å². The topological polar surface area (TPSA) is 30.7 Å². The van der Waals surface area contributed by atoms with E-state index in [0.29, 0.717) is 0 Å². The van der Waals surface area contributed by atoms with Crippen LogP contribution in [0.1, 0.15) is 17.3 Å². The molecular weight excluding hydrogens is 306 g/mol. The molecule has 1 unspecified atom stereocenters. The molecule has 0 amide bonds. The summed E-state index contributed by atoms with van der Waals surface area (Å²) >= 11 is 6.05. The second kappa shape index (κ2) is 5.86. The first kappa shape index (κ1) is 14.0. The van der Waals surface area contributed by atoms with Crippen molar-refractivity contribution in [1.29, 1.82) is 0 Å². The largest absolute Gasteiger partial charge is 0.324 e. The van der Waals surface area contributed by atoms with Crippen LogP contribution in [0.15, 0.2) is 79.5 Å². The van der Waals surface area contributed by atoms with Crippen LogP contribution in [-0.4, -0.2) is 14.5 Å². The molecule has 112 valence electrons. The highest BCUT2D eigenvalue weighted by molar-refractivity contribution is 6.30. The second-order valence-corrected chi connectivity index (χ2v) is 5.82. The van der Waals surface area contributed by atoms with Crippen molar-refractivity contribution in [3.63, 3.8) is 0 Å². The maximum atomic E-state index is 6.05. The first-order valence-electron chi connectivity index (χ1n) is 7.39. The van der Waals surface area contributed by atoms with E-state index in [1.54, 1.807) is 6.20 Å². The van der Waals surface area contributed by atoms with Gasteiger partial charge in [0, 0.05) is 29.0 Å². The molecule has 0 aliphatic rings. The van der Waals surface area contributed by atoms with Crippen molar-refractivity contribution in [2.45, 2.75) is 6.04 Å². The standard InChI is InChI=1S/C19H14ClN3/c20-16-7-5-15(6-8-16)19(23-12-11-21-13-23)18-17-4-2-1-3-14(17)9-10-22-18/h1-13,19H. The fourth-order valence-electron chi connectivity index (χ4n) is 2.90. The Hall–Kier alpha value is -2.65. The van der Waals surface area contributed by atoms with Crippen molar-refractivity contribution in [3.05, 3.63) is 95.8 Å². The van der Waals surface area contributed by atoms with Crippen molar-refractivity contribution in [1.82, 2.24) is 14.5 Å². The number of rotatable bonds is 3. The fourth-order valence-corrected chi connectivity index (χ4v) is 3.03. The first-order valence-corrected chi connectivity index (χ1v) is 7.77. The molecule has 0 radical (unpaired) electrons. The Kier molecular flexibility index (Phi) is 3.56. The Balaban J connectivity index is 1.96. The normalized spacial score (nSPS) is 12.4. The lowest BCUT2D eigenvalue weighted by molar-refractivity contribution is 0.663. The summed E-state index contributed by atoms with van der Waals surface area (Å²) in [4.78, 5) is 8.88. The quantitative estimate of drug-likeness (QED) is 0.547. The highest BCUT2D eigenvalue weighted by Gasteiger charge is 2.19. The van der Waals surface area contributed by atoms with E-state index < -0.39 is 0 Å². The molecule has 0 saturated heterocycles. The number of imidazole rings is 1. The average molecular weight is 320 g/mol. The Morgan fingerprint density at radius 3 is 2.52 bits per heavy atom. The van der Waals surface area contributed by atoms with Gasteiger partial charge in [0.1, 0.15) is 6.04 Å². The number of aromatic nitrogens is 3. The number of hydrogen-bond acceptors (Lipinski definition) is 2. The number of halogens is 1. The monoisotopic (exact) mass is 319 g/mol. The molecule has 2 aromatic heterocycles. The zero-order chi connectivity index (χ0) is 15.6. The average Bonchev–Trinajstić information content (AvgIpc) is 3.11. The number of pyridine rings is 1. The summed E-state index contributed by atoms with van der Waals surface area (Å²) in [6, 6.07) is 18.2. The molecule has 2 aromatic carbocycles. The lowest BCUT2D eigenvalue weighted by Crippen LogP contribution is -2.12. The molecule has 1 atom stereocenters. The third-order valence-electron chi connectivity index (χ3n) is 3.97. The smallest absolute Gasteiger partial charge is 0.102 e. The van der Waals surface area contributed by atoms with Crippen LogP contribution in [-0.2, 0) is 0 Å². The summed E-state index contributed by atoms with van der Waals surface area (Å²) in [6.45, 7) is 0. The molecule has 0 N–H and O–H groups in total. The summed E-state index contributed by atoms with van der Waals surface area (Å²) in [6.07, 6.45) is 7.43. The number of benzene rings is 2. The van der Waals surface area contributed by atoms with Crippen LogP contribution in [0.4, 0.5) is 0 Å². The minimum atomic E-state index is -0.0409. The van der Waals surface area contributed by atoms with Crippen molar-refractivity contribution >= 4 is 22.4 Å². The Morgan fingerprint density at radius 2 is 1.74 bits per heavy atom. The van der Waals surface area contributed by atoms with Crippen LogP contribution in [0.2, 0.25) is 5.02 Å². The van der Waals surface area contributed by atoms with Gasteiger partial charge in [-0.15, -0.1) is 0 Å². The van der Waals surface area contributed by atoms with Crippen molar-refractivity contribution in [2.75, 3.05) is 0 Å². The summed E-state index contributed by atoms with van der Waals surface area (Å²) < 4.78 is 2.07. The molecule has 0 fully saturated rings. The zero-order valence-corrected chi connectivity index (χ0v) is 13.1. The van der Waals surface area contributed by atoms with Gasteiger partial charge in [0.25, 0.3) is 0 Å².